The number of anilines is 1. The molecule has 1 aliphatic rings. The normalized spacial score (nSPS) is 14.8. The van der Waals surface area contributed by atoms with Gasteiger partial charge in [0.1, 0.15) is 5.82 Å². The molecule has 1 saturated heterocycles. The Morgan fingerprint density at radius 2 is 2.00 bits per heavy atom. The number of hydrogen-bond donors (Lipinski definition) is 1. The van der Waals surface area contributed by atoms with Crippen molar-refractivity contribution >= 4 is 23.3 Å². The average molecular weight is 413 g/mol. The number of pyridine rings is 1. The van der Waals surface area contributed by atoms with Crippen LogP contribution in [0.25, 0.3) is 11.5 Å². The Morgan fingerprint density at radius 1 is 1.17 bits per heavy atom. The van der Waals surface area contributed by atoms with Gasteiger partial charge in [0.2, 0.25) is 5.82 Å². The van der Waals surface area contributed by atoms with Crippen molar-refractivity contribution in [1.82, 2.24) is 15.1 Å². The van der Waals surface area contributed by atoms with Crippen LogP contribution in [0.5, 0.6) is 0 Å². The topological polar surface area (TPSA) is 103 Å². The zero-order chi connectivity index (χ0) is 20.1. The number of nitrogens with two attached hydrogens (primary N) is 1. The summed E-state index contributed by atoms with van der Waals surface area (Å²) in [5, 5.41) is 8.33. The fourth-order valence-corrected chi connectivity index (χ4v) is 3.33. The minimum atomic E-state index is 0.0218. The van der Waals surface area contributed by atoms with Gasteiger partial charge in [0, 0.05) is 24.8 Å². The van der Waals surface area contributed by atoms with E-state index in [-0.39, 0.29) is 12.4 Å². The van der Waals surface area contributed by atoms with E-state index in [1.165, 1.54) is 19.3 Å². The molecule has 29 heavy (non-hydrogen) atoms. The van der Waals surface area contributed by atoms with E-state index in [9.17, 15) is 0 Å². The van der Waals surface area contributed by atoms with Gasteiger partial charge in [0.25, 0.3) is 5.89 Å². The van der Waals surface area contributed by atoms with E-state index in [1.54, 1.807) is 18.3 Å². The molecule has 1 fully saturated rings. The summed E-state index contributed by atoms with van der Waals surface area (Å²) in [7, 11) is 0. The fourth-order valence-electron chi connectivity index (χ4n) is 3.12. The maximum atomic E-state index is 6.14. The summed E-state index contributed by atoms with van der Waals surface area (Å²) in [6, 6.07) is 11.1. The lowest BCUT2D eigenvalue weighted by molar-refractivity contribution is 0.122. The van der Waals surface area contributed by atoms with Crippen LogP contribution in [-0.2, 0) is 11.4 Å². The third-order valence-electron chi connectivity index (χ3n) is 4.65. The van der Waals surface area contributed by atoms with Gasteiger partial charge in [-0.25, -0.2) is 4.98 Å². The van der Waals surface area contributed by atoms with Crippen LogP contribution in [0.3, 0.4) is 0 Å². The smallest absolute Gasteiger partial charge is 0.259 e. The van der Waals surface area contributed by atoms with Crippen molar-refractivity contribution in [3.8, 4) is 11.5 Å². The molecule has 8 nitrogen and oxygen atoms in total. The number of oxime groups is 1. The molecule has 1 aliphatic heterocycles. The third-order valence-corrected chi connectivity index (χ3v) is 4.98. The van der Waals surface area contributed by atoms with E-state index in [0.717, 1.165) is 18.9 Å². The molecule has 0 atom stereocenters. The summed E-state index contributed by atoms with van der Waals surface area (Å²) in [6.07, 6.45) is 5.39. The number of amidine groups is 1. The van der Waals surface area contributed by atoms with Crippen LogP contribution in [0.1, 0.15) is 30.7 Å². The Balaban J connectivity index is 1.35. The molecule has 0 radical (unpaired) electrons. The van der Waals surface area contributed by atoms with Crippen LogP contribution in [0.2, 0.25) is 5.02 Å². The maximum absolute atomic E-state index is 6.14. The van der Waals surface area contributed by atoms with Gasteiger partial charge >= 0.3 is 0 Å². The van der Waals surface area contributed by atoms with E-state index in [0.29, 0.717) is 27.9 Å². The molecular weight excluding hydrogens is 392 g/mol. The number of rotatable bonds is 6. The quantitative estimate of drug-likeness (QED) is 0.374. The monoisotopic (exact) mass is 412 g/mol. The van der Waals surface area contributed by atoms with Crippen molar-refractivity contribution in [2.45, 2.75) is 25.9 Å². The molecule has 0 aliphatic carbocycles. The van der Waals surface area contributed by atoms with Crippen molar-refractivity contribution in [3.63, 3.8) is 0 Å². The Kier molecular flexibility index (Phi) is 5.90. The van der Waals surface area contributed by atoms with E-state index in [1.807, 2.05) is 24.3 Å². The molecule has 0 amide bonds. The number of aromatic nitrogens is 3. The lowest BCUT2D eigenvalue weighted by Gasteiger charge is -2.27. The standard InChI is InChI=1S/C20H21ClN6O2/c21-16-7-3-2-6-15(16)20-24-17(25-29-20)13-28-26-19(22)14-8-9-18(23-12-14)27-10-4-1-5-11-27/h2-3,6-9,12H,1,4-5,10-11,13H2,(H2,22,26). The average Bonchev–Trinajstić information content (AvgIpc) is 3.23. The zero-order valence-corrected chi connectivity index (χ0v) is 16.5. The highest BCUT2D eigenvalue weighted by Gasteiger charge is 2.13. The zero-order valence-electron chi connectivity index (χ0n) is 15.8. The van der Waals surface area contributed by atoms with Gasteiger partial charge in [-0.15, -0.1) is 0 Å². The van der Waals surface area contributed by atoms with Gasteiger partial charge in [-0.05, 0) is 43.5 Å². The number of piperidine rings is 1. The summed E-state index contributed by atoms with van der Waals surface area (Å²) in [4.78, 5) is 16.3. The van der Waals surface area contributed by atoms with Crippen LogP contribution in [0.4, 0.5) is 5.82 Å². The molecule has 2 aromatic heterocycles. The number of nitrogens with zero attached hydrogens (tertiary/aromatic N) is 5. The molecule has 0 unspecified atom stereocenters. The Bertz CT molecular complexity index is 983. The largest absolute Gasteiger partial charge is 0.386 e. The first-order valence-corrected chi connectivity index (χ1v) is 9.83. The second-order valence-corrected chi connectivity index (χ2v) is 7.11. The van der Waals surface area contributed by atoms with Gasteiger partial charge in [-0.2, -0.15) is 4.98 Å². The molecule has 2 N–H and O–H groups in total. The number of hydrogen-bond acceptors (Lipinski definition) is 7. The van der Waals surface area contributed by atoms with Gasteiger partial charge in [-0.1, -0.05) is 34.0 Å². The molecule has 3 aromatic rings. The second kappa shape index (κ2) is 8.91. The first-order valence-electron chi connectivity index (χ1n) is 9.45. The summed E-state index contributed by atoms with van der Waals surface area (Å²) in [5.74, 6) is 1.86. The molecule has 3 heterocycles. The van der Waals surface area contributed by atoms with Crippen molar-refractivity contribution in [3.05, 3.63) is 59.0 Å². The number of benzene rings is 1. The first-order chi connectivity index (χ1) is 14.2. The Morgan fingerprint density at radius 3 is 2.76 bits per heavy atom. The van der Waals surface area contributed by atoms with Gasteiger partial charge in [0.15, 0.2) is 12.4 Å². The molecule has 0 saturated carbocycles. The summed E-state index contributed by atoms with van der Waals surface area (Å²) in [5.41, 5.74) is 7.35. The summed E-state index contributed by atoms with van der Waals surface area (Å²) >= 11 is 6.14. The summed E-state index contributed by atoms with van der Waals surface area (Å²) in [6.45, 7) is 2.10. The predicted molar refractivity (Wildman–Crippen MR) is 111 cm³/mol. The second-order valence-electron chi connectivity index (χ2n) is 6.70. The Hall–Kier alpha value is -3.13. The van der Waals surface area contributed by atoms with E-state index in [2.05, 4.69) is 25.2 Å². The van der Waals surface area contributed by atoms with Crippen LogP contribution in [0, 0.1) is 0 Å². The highest BCUT2D eigenvalue weighted by Crippen LogP contribution is 2.25. The SMILES string of the molecule is NC(=NOCc1noc(-c2ccccc2Cl)n1)c1ccc(N2CCCCC2)nc1. The van der Waals surface area contributed by atoms with Gasteiger partial charge in [0.05, 0.1) is 10.6 Å². The van der Waals surface area contributed by atoms with Crippen molar-refractivity contribution in [2.24, 2.45) is 10.9 Å². The third kappa shape index (κ3) is 4.65. The molecule has 4 rings (SSSR count). The summed E-state index contributed by atoms with van der Waals surface area (Å²) < 4.78 is 5.22. The molecule has 150 valence electrons. The highest BCUT2D eigenvalue weighted by atomic mass is 35.5. The van der Waals surface area contributed by atoms with Crippen molar-refractivity contribution in [1.29, 1.82) is 0 Å². The first kappa shape index (κ1) is 19.2. The molecule has 1 aromatic carbocycles. The number of halogens is 1. The highest BCUT2D eigenvalue weighted by molar-refractivity contribution is 6.33. The van der Waals surface area contributed by atoms with E-state index >= 15 is 0 Å². The minimum absolute atomic E-state index is 0.0218. The lowest BCUT2D eigenvalue weighted by Crippen LogP contribution is -2.30. The van der Waals surface area contributed by atoms with E-state index in [4.69, 9.17) is 26.7 Å². The van der Waals surface area contributed by atoms with Gasteiger partial charge in [-0.3, -0.25) is 0 Å². The van der Waals surface area contributed by atoms with Crippen LogP contribution < -0.4 is 10.6 Å². The molecule has 9 heteroatoms. The molecule has 0 bridgehead atoms. The van der Waals surface area contributed by atoms with Crippen molar-refractivity contribution < 1.29 is 9.36 Å². The minimum Gasteiger partial charge on any atom is -0.386 e. The van der Waals surface area contributed by atoms with E-state index < -0.39 is 0 Å². The van der Waals surface area contributed by atoms with Gasteiger partial charge < -0.3 is 20.0 Å². The predicted octanol–water partition coefficient (Wildman–Crippen LogP) is 3.61. The van der Waals surface area contributed by atoms with Crippen LogP contribution >= 0.6 is 11.6 Å². The van der Waals surface area contributed by atoms with Crippen LogP contribution in [0.15, 0.2) is 52.3 Å². The maximum Gasteiger partial charge on any atom is 0.259 e. The van der Waals surface area contributed by atoms with Crippen LogP contribution in [-0.4, -0.2) is 34.0 Å². The Labute approximate surface area is 173 Å². The van der Waals surface area contributed by atoms with Crippen molar-refractivity contribution in [2.75, 3.05) is 18.0 Å². The molecule has 0 spiro atoms. The lowest BCUT2D eigenvalue weighted by atomic mass is 10.1. The molecular formula is C20H21ClN6O2. The fraction of sp³-hybridized carbons (Fsp3) is 0.300.